The second kappa shape index (κ2) is 5.28. The Morgan fingerprint density at radius 3 is 3.00 bits per heavy atom. The molecule has 5 nitrogen and oxygen atoms in total. The van der Waals surface area contributed by atoms with E-state index in [1.165, 1.54) is 45.4 Å². The Bertz CT molecular complexity index is 388. The highest BCUT2D eigenvalue weighted by atomic mass is 15.3. The molecule has 0 spiro atoms. The monoisotopic (exact) mass is 249 g/mol. The first kappa shape index (κ1) is 12.0. The molecule has 1 aromatic rings. The summed E-state index contributed by atoms with van der Waals surface area (Å²) < 4.78 is 1.95. The van der Waals surface area contributed by atoms with Crippen molar-refractivity contribution >= 4 is 5.82 Å². The summed E-state index contributed by atoms with van der Waals surface area (Å²) in [4.78, 5) is 5.25. The highest BCUT2D eigenvalue weighted by Gasteiger charge is 2.28. The van der Waals surface area contributed by atoms with Crippen LogP contribution in [-0.4, -0.2) is 58.3 Å². The van der Waals surface area contributed by atoms with Gasteiger partial charge in [0, 0.05) is 38.4 Å². The predicted octanol–water partition coefficient (Wildman–Crippen LogP) is 0.635. The number of fused-ring (bicyclic) bond motifs is 1. The number of rotatable bonds is 3. The molecule has 0 bridgehead atoms. The van der Waals surface area contributed by atoms with Crippen LogP contribution in [0.2, 0.25) is 0 Å². The van der Waals surface area contributed by atoms with Crippen molar-refractivity contribution < 1.29 is 0 Å². The summed E-state index contributed by atoms with van der Waals surface area (Å²) >= 11 is 0. The minimum Gasteiger partial charge on any atom is -0.382 e. The van der Waals surface area contributed by atoms with Crippen LogP contribution in [0.4, 0.5) is 5.82 Å². The predicted molar refractivity (Wildman–Crippen MR) is 72.3 cm³/mol. The lowest BCUT2D eigenvalue weighted by atomic mass is 9.99. The van der Waals surface area contributed by atoms with Gasteiger partial charge in [0.2, 0.25) is 0 Å². The lowest BCUT2D eigenvalue weighted by Gasteiger charge is -2.44. The van der Waals surface area contributed by atoms with Crippen LogP contribution in [-0.2, 0) is 6.54 Å². The Hall–Kier alpha value is -1.07. The third-order valence-corrected chi connectivity index (χ3v) is 4.23. The van der Waals surface area contributed by atoms with Gasteiger partial charge in [-0.25, -0.2) is 0 Å². The molecular formula is C13H23N5. The minimum absolute atomic E-state index is 0.618. The molecule has 18 heavy (non-hydrogen) atoms. The van der Waals surface area contributed by atoms with Crippen LogP contribution in [0.1, 0.15) is 19.3 Å². The van der Waals surface area contributed by atoms with Crippen LogP contribution >= 0.6 is 0 Å². The summed E-state index contributed by atoms with van der Waals surface area (Å²) in [6.45, 7) is 7.03. The molecule has 0 aromatic carbocycles. The maximum Gasteiger partial charge on any atom is 0.145 e. The average molecular weight is 249 g/mol. The maximum atomic E-state index is 5.62. The maximum absolute atomic E-state index is 5.62. The summed E-state index contributed by atoms with van der Waals surface area (Å²) in [5.41, 5.74) is 5.62. The zero-order chi connectivity index (χ0) is 12.4. The molecule has 1 unspecified atom stereocenters. The molecule has 0 saturated carbocycles. The Morgan fingerprint density at radius 2 is 2.17 bits per heavy atom. The van der Waals surface area contributed by atoms with E-state index in [-0.39, 0.29) is 0 Å². The van der Waals surface area contributed by atoms with Crippen LogP contribution in [0, 0.1) is 0 Å². The molecule has 0 amide bonds. The van der Waals surface area contributed by atoms with Gasteiger partial charge in [0.05, 0.1) is 6.54 Å². The fraction of sp³-hybridized carbons (Fsp3) is 0.769. The number of hydrogen-bond acceptors (Lipinski definition) is 4. The molecule has 1 atom stereocenters. The lowest BCUT2D eigenvalue weighted by Crippen LogP contribution is -2.55. The van der Waals surface area contributed by atoms with Gasteiger partial charge in [-0.05, 0) is 25.5 Å². The molecule has 3 heterocycles. The second-order valence-corrected chi connectivity index (χ2v) is 5.49. The quantitative estimate of drug-likeness (QED) is 0.854. The second-order valence-electron chi connectivity index (χ2n) is 5.49. The molecule has 2 aliphatic heterocycles. The summed E-state index contributed by atoms with van der Waals surface area (Å²) in [7, 11) is 0. The third-order valence-electron chi connectivity index (χ3n) is 4.23. The van der Waals surface area contributed by atoms with Crippen molar-refractivity contribution in [3.05, 3.63) is 12.3 Å². The van der Waals surface area contributed by atoms with Crippen LogP contribution in [0.5, 0.6) is 0 Å². The van der Waals surface area contributed by atoms with Crippen LogP contribution in [0.15, 0.2) is 12.3 Å². The molecule has 3 rings (SSSR count). The minimum atomic E-state index is 0.618. The number of hydrogen-bond donors (Lipinski definition) is 1. The highest BCUT2D eigenvalue weighted by Crippen LogP contribution is 2.20. The van der Waals surface area contributed by atoms with Gasteiger partial charge in [0.25, 0.3) is 0 Å². The molecular weight excluding hydrogens is 226 g/mol. The van der Waals surface area contributed by atoms with Gasteiger partial charge in [0.15, 0.2) is 0 Å². The summed E-state index contributed by atoms with van der Waals surface area (Å²) in [6, 6.07) is 2.66. The van der Waals surface area contributed by atoms with E-state index >= 15 is 0 Å². The van der Waals surface area contributed by atoms with Gasteiger partial charge in [-0.1, -0.05) is 6.42 Å². The number of nitrogens with zero attached hydrogens (tertiary/aromatic N) is 4. The van der Waals surface area contributed by atoms with Crippen LogP contribution < -0.4 is 5.73 Å². The van der Waals surface area contributed by atoms with Crippen molar-refractivity contribution in [1.29, 1.82) is 0 Å². The number of aromatic nitrogens is 2. The van der Waals surface area contributed by atoms with Gasteiger partial charge in [-0.3, -0.25) is 14.5 Å². The molecule has 1 aromatic heterocycles. The smallest absolute Gasteiger partial charge is 0.145 e. The lowest BCUT2D eigenvalue weighted by molar-refractivity contribution is 0.0474. The van der Waals surface area contributed by atoms with E-state index in [2.05, 4.69) is 14.9 Å². The number of piperazine rings is 1. The van der Waals surface area contributed by atoms with E-state index in [1.807, 2.05) is 16.9 Å². The Kier molecular flexibility index (Phi) is 3.52. The van der Waals surface area contributed by atoms with Gasteiger partial charge < -0.3 is 5.73 Å². The average Bonchev–Trinajstić information content (AvgIpc) is 2.82. The Balaban J connectivity index is 1.49. The van der Waals surface area contributed by atoms with Gasteiger partial charge in [0.1, 0.15) is 5.82 Å². The van der Waals surface area contributed by atoms with Crippen molar-refractivity contribution in [2.75, 3.05) is 38.5 Å². The summed E-state index contributed by atoms with van der Waals surface area (Å²) in [5.74, 6) is 0.618. The molecule has 2 aliphatic rings. The molecule has 2 N–H and O–H groups in total. The Labute approximate surface area is 109 Å². The molecule has 0 aliphatic carbocycles. The van der Waals surface area contributed by atoms with Crippen molar-refractivity contribution in [3.63, 3.8) is 0 Å². The first-order chi connectivity index (χ1) is 8.81. The van der Waals surface area contributed by atoms with Crippen LogP contribution in [0.3, 0.4) is 0 Å². The largest absolute Gasteiger partial charge is 0.382 e. The standard InChI is InChI=1S/C13H23N5/c14-13-4-6-18(15-13)10-8-16-7-9-17-5-2-1-3-12(17)11-16/h4,6,12H,1-3,5,7-11H2,(H2,14,15). The van der Waals surface area contributed by atoms with Crippen LogP contribution in [0.25, 0.3) is 0 Å². The summed E-state index contributed by atoms with van der Waals surface area (Å²) in [5, 5.41) is 4.23. The van der Waals surface area contributed by atoms with E-state index < -0.39 is 0 Å². The number of nitrogen functional groups attached to an aromatic ring is 1. The van der Waals surface area contributed by atoms with Crippen molar-refractivity contribution in [1.82, 2.24) is 19.6 Å². The molecule has 2 fully saturated rings. The Morgan fingerprint density at radius 1 is 1.22 bits per heavy atom. The van der Waals surface area contributed by atoms with Gasteiger partial charge >= 0.3 is 0 Å². The van der Waals surface area contributed by atoms with Gasteiger partial charge in [-0.15, -0.1) is 0 Å². The normalized spacial score (nSPS) is 26.1. The van der Waals surface area contributed by atoms with E-state index in [1.54, 1.807) is 0 Å². The van der Waals surface area contributed by atoms with Crippen molar-refractivity contribution in [2.24, 2.45) is 0 Å². The third kappa shape index (κ3) is 2.67. The number of piperidine rings is 1. The van der Waals surface area contributed by atoms with Crippen molar-refractivity contribution in [2.45, 2.75) is 31.8 Å². The first-order valence-electron chi connectivity index (χ1n) is 7.06. The molecule has 100 valence electrons. The molecule has 2 saturated heterocycles. The molecule has 5 heteroatoms. The fourth-order valence-electron chi connectivity index (χ4n) is 3.17. The zero-order valence-electron chi connectivity index (χ0n) is 11.0. The van der Waals surface area contributed by atoms with E-state index in [0.717, 1.165) is 19.1 Å². The number of anilines is 1. The van der Waals surface area contributed by atoms with E-state index in [9.17, 15) is 0 Å². The zero-order valence-corrected chi connectivity index (χ0v) is 11.0. The van der Waals surface area contributed by atoms with E-state index in [0.29, 0.717) is 5.82 Å². The van der Waals surface area contributed by atoms with Crippen molar-refractivity contribution in [3.8, 4) is 0 Å². The first-order valence-corrected chi connectivity index (χ1v) is 7.06. The molecule has 0 radical (unpaired) electrons. The fourth-order valence-corrected chi connectivity index (χ4v) is 3.17. The van der Waals surface area contributed by atoms with E-state index in [4.69, 9.17) is 5.73 Å². The summed E-state index contributed by atoms with van der Waals surface area (Å²) in [6.07, 6.45) is 6.14. The SMILES string of the molecule is Nc1ccn(CCN2CCN3CCCCC3C2)n1. The highest BCUT2D eigenvalue weighted by molar-refractivity contribution is 5.23. The number of nitrogens with two attached hydrogens (primary N) is 1. The van der Waals surface area contributed by atoms with Gasteiger partial charge in [-0.2, -0.15) is 5.10 Å². The topological polar surface area (TPSA) is 50.3 Å².